The number of aromatic carboxylic acids is 1. The van der Waals surface area contributed by atoms with Gasteiger partial charge in [-0.2, -0.15) is 10.2 Å². The maximum absolute atomic E-state index is 11.9. The number of carboxylic acid groups (broad SMARTS) is 1. The average molecular weight is 443 g/mol. The molecule has 1 aromatic carbocycles. The van der Waals surface area contributed by atoms with Gasteiger partial charge in [0.2, 0.25) is 0 Å². The van der Waals surface area contributed by atoms with Crippen LogP contribution in [0.5, 0.6) is 11.5 Å². The van der Waals surface area contributed by atoms with Gasteiger partial charge in [-0.1, -0.05) is 0 Å². The summed E-state index contributed by atoms with van der Waals surface area (Å²) in [5.74, 6) is 0.00331. The van der Waals surface area contributed by atoms with Gasteiger partial charge in [-0.15, -0.1) is 0 Å². The highest BCUT2D eigenvalue weighted by atomic mass is 16.5. The van der Waals surface area contributed by atoms with Crippen molar-refractivity contribution in [2.75, 3.05) is 25.6 Å². The fraction of sp³-hybridized carbons (Fsp3) is 0.136. The van der Waals surface area contributed by atoms with E-state index in [4.69, 9.17) is 9.47 Å². The van der Waals surface area contributed by atoms with Gasteiger partial charge in [0.25, 0.3) is 0 Å². The summed E-state index contributed by atoms with van der Waals surface area (Å²) < 4.78 is 14.6. The van der Waals surface area contributed by atoms with Crippen molar-refractivity contribution in [2.24, 2.45) is 0 Å². The van der Waals surface area contributed by atoms with E-state index in [1.54, 1.807) is 53.1 Å². The number of aromatic nitrogens is 6. The average Bonchev–Trinajstić information content (AvgIpc) is 3.44. The maximum Gasteiger partial charge on any atom is 0.357 e. The summed E-state index contributed by atoms with van der Waals surface area (Å²) in [5.41, 5.74) is 3.73. The first-order chi connectivity index (χ1) is 16.1. The molecule has 0 unspecified atom stereocenters. The summed E-state index contributed by atoms with van der Waals surface area (Å²) in [7, 11) is 1.55. The molecule has 1 aliphatic heterocycles. The fourth-order valence-electron chi connectivity index (χ4n) is 3.99. The zero-order valence-electron chi connectivity index (χ0n) is 17.4. The van der Waals surface area contributed by atoms with Crippen LogP contribution in [0.4, 0.5) is 5.69 Å². The van der Waals surface area contributed by atoms with Crippen LogP contribution in [0.15, 0.2) is 49.1 Å². The second-order valence-electron chi connectivity index (χ2n) is 7.39. The molecule has 0 saturated carbocycles. The van der Waals surface area contributed by atoms with Crippen molar-refractivity contribution >= 4 is 28.2 Å². The number of pyridine rings is 1. The Balaban J connectivity index is 1.61. The van der Waals surface area contributed by atoms with Crippen molar-refractivity contribution in [2.45, 2.75) is 0 Å². The first kappa shape index (κ1) is 19.0. The number of methoxy groups -OCH3 is 1. The minimum atomic E-state index is -1.15. The van der Waals surface area contributed by atoms with E-state index < -0.39 is 5.97 Å². The number of rotatable bonds is 4. The monoisotopic (exact) mass is 443 g/mol. The summed E-state index contributed by atoms with van der Waals surface area (Å²) in [6.07, 6.45) is 6.66. The molecule has 6 rings (SSSR count). The van der Waals surface area contributed by atoms with Crippen LogP contribution in [0.2, 0.25) is 0 Å². The lowest BCUT2D eigenvalue weighted by atomic mass is 10.1. The highest BCUT2D eigenvalue weighted by molar-refractivity contribution is 6.02. The Kier molecular flexibility index (Phi) is 4.15. The molecule has 11 heteroatoms. The molecule has 0 saturated heterocycles. The lowest BCUT2D eigenvalue weighted by molar-refractivity contribution is 0.0692. The van der Waals surface area contributed by atoms with Crippen LogP contribution in [-0.2, 0) is 0 Å². The third-order valence-corrected chi connectivity index (χ3v) is 5.51. The van der Waals surface area contributed by atoms with Gasteiger partial charge in [0.05, 0.1) is 41.2 Å². The van der Waals surface area contributed by atoms with Gasteiger partial charge < -0.3 is 19.9 Å². The van der Waals surface area contributed by atoms with Crippen molar-refractivity contribution in [1.29, 1.82) is 0 Å². The highest BCUT2D eigenvalue weighted by Crippen LogP contribution is 2.38. The second-order valence-corrected chi connectivity index (χ2v) is 7.39. The number of hydrogen-bond acceptors (Lipinski definition) is 8. The molecular formula is C22H17N7O4. The molecule has 4 aromatic heterocycles. The summed E-state index contributed by atoms with van der Waals surface area (Å²) in [6.45, 7) is 1.21. The van der Waals surface area contributed by atoms with E-state index in [0.29, 0.717) is 58.1 Å². The van der Waals surface area contributed by atoms with Crippen LogP contribution >= 0.6 is 0 Å². The van der Waals surface area contributed by atoms with Crippen molar-refractivity contribution in [3.8, 4) is 28.4 Å². The summed E-state index contributed by atoms with van der Waals surface area (Å²) in [6, 6.07) is 7.16. The van der Waals surface area contributed by atoms with Crippen LogP contribution in [0.1, 0.15) is 10.5 Å². The lowest BCUT2D eigenvalue weighted by Crippen LogP contribution is -2.18. The molecule has 0 aliphatic carbocycles. The topological polar surface area (TPSA) is 129 Å². The minimum Gasteiger partial charge on any atom is -0.494 e. The van der Waals surface area contributed by atoms with Crippen LogP contribution in [-0.4, -0.2) is 60.7 Å². The molecule has 0 radical (unpaired) electrons. The number of fused-ring (bicyclic) bond motifs is 3. The SMILES string of the molecule is COc1cc2c(cc1-n1nc(C(=O)O)c3cnc(-c4cnn5cccnc45)cc31)OCCN2. The minimum absolute atomic E-state index is 0.110. The third kappa shape index (κ3) is 2.93. The van der Waals surface area contributed by atoms with Crippen molar-refractivity contribution < 1.29 is 19.4 Å². The lowest BCUT2D eigenvalue weighted by Gasteiger charge is -2.21. The summed E-state index contributed by atoms with van der Waals surface area (Å²) in [4.78, 5) is 20.8. The third-order valence-electron chi connectivity index (χ3n) is 5.51. The van der Waals surface area contributed by atoms with Crippen LogP contribution < -0.4 is 14.8 Å². The molecule has 11 nitrogen and oxygen atoms in total. The molecule has 0 spiro atoms. The van der Waals surface area contributed by atoms with E-state index in [9.17, 15) is 9.90 Å². The molecule has 5 heterocycles. The van der Waals surface area contributed by atoms with Crippen molar-refractivity contribution in [3.63, 3.8) is 0 Å². The van der Waals surface area contributed by atoms with Crippen molar-refractivity contribution in [3.05, 3.63) is 54.7 Å². The first-order valence-electron chi connectivity index (χ1n) is 10.1. The molecule has 0 bridgehead atoms. The normalized spacial score (nSPS) is 12.9. The quantitative estimate of drug-likeness (QED) is 0.431. The standard InChI is InChI=1S/C22H17N7O4/c1-32-19-8-15-18(33-6-4-23-15)9-17(19)29-16-7-14(25-10-13(16)20(27-29)22(30)31)12-11-26-28-5-2-3-24-21(12)28/h2-3,5,7-11,23H,4,6H2,1H3,(H,30,31). The Labute approximate surface area is 186 Å². The number of nitrogens with one attached hydrogen (secondary N) is 1. The molecule has 2 N–H and O–H groups in total. The van der Waals surface area contributed by atoms with E-state index in [1.165, 1.54) is 6.20 Å². The number of carbonyl (C=O) groups is 1. The molecule has 5 aromatic rings. The number of carboxylic acids is 1. The molecule has 0 fully saturated rings. The van der Waals surface area contributed by atoms with Gasteiger partial charge in [-0.05, 0) is 12.1 Å². The molecule has 0 amide bonds. The van der Waals surface area contributed by atoms with E-state index in [0.717, 1.165) is 5.69 Å². The van der Waals surface area contributed by atoms with Gasteiger partial charge in [-0.25, -0.2) is 19.0 Å². The van der Waals surface area contributed by atoms with Gasteiger partial charge in [-0.3, -0.25) is 4.98 Å². The molecule has 0 atom stereocenters. The van der Waals surface area contributed by atoms with E-state index in [-0.39, 0.29) is 5.69 Å². The predicted molar refractivity (Wildman–Crippen MR) is 118 cm³/mol. The Morgan fingerprint density at radius 1 is 1.24 bits per heavy atom. The smallest absolute Gasteiger partial charge is 0.357 e. The van der Waals surface area contributed by atoms with E-state index in [2.05, 4.69) is 25.5 Å². The number of ether oxygens (including phenoxy) is 2. The number of benzene rings is 1. The van der Waals surface area contributed by atoms with Crippen LogP contribution in [0.3, 0.4) is 0 Å². The zero-order chi connectivity index (χ0) is 22.5. The van der Waals surface area contributed by atoms with Crippen LogP contribution in [0, 0.1) is 0 Å². The Hall–Kier alpha value is -4.67. The number of nitrogens with zero attached hydrogens (tertiary/aromatic N) is 6. The summed E-state index contributed by atoms with van der Waals surface area (Å²) in [5, 5.41) is 22.1. The Bertz CT molecular complexity index is 1560. The van der Waals surface area contributed by atoms with Gasteiger partial charge in [0.15, 0.2) is 11.3 Å². The van der Waals surface area contributed by atoms with Gasteiger partial charge >= 0.3 is 5.97 Å². The van der Waals surface area contributed by atoms with Gasteiger partial charge in [0, 0.05) is 37.3 Å². The largest absolute Gasteiger partial charge is 0.494 e. The Morgan fingerprint density at radius 3 is 3.00 bits per heavy atom. The van der Waals surface area contributed by atoms with Crippen LogP contribution in [0.25, 0.3) is 33.5 Å². The van der Waals surface area contributed by atoms with E-state index >= 15 is 0 Å². The Morgan fingerprint density at radius 2 is 2.15 bits per heavy atom. The molecule has 1 aliphatic rings. The fourth-order valence-corrected chi connectivity index (χ4v) is 3.99. The number of hydrogen-bond donors (Lipinski definition) is 2. The summed E-state index contributed by atoms with van der Waals surface area (Å²) >= 11 is 0. The molecule has 33 heavy (non-hydrogen) atoms. The van der Waals surface area contributed by atoms with Gasteiger partial charge in [0.1, 0.15) is 23.8 Å². The first-order valence-corrected chi connectivity index (χ1v) is 10.1. The van der Waals surface area contributed by atoms with E-state index in [1.807, 2.05) is 6.07 Å². The molecular weight excluding hydrogens is 426 g/mol. The number of anilines is 1. The maximum atomic E-state index is 11.9. The second kappa shape index (κ2) is 7.19. The van der Waals surface area contributed by atoms with Crippen molar-refractivity contribution in [1.82, 2.24) is 29.4 Å². The molecule has 164 valence electrons. The predicted octanol–water partition coefficient (Wildman–Crippen LogP) is 2.64. The zero-order valence-corrected chi connectivity index (χ0v) is 17.4. The highest BCUT2D eigenvalue weighted by Gasteiger charge is 2.23.